The zero-order valence-corrected chi connectivity index (χ0v) is 10.0. The highest BCUT2D eigenvalue weighted by atomic mass is 19.1. The summed E-state index contributed by atoms with van der Waals surface area (Å²) in [6.07, 6.45) is 3.62. The minimum Gasteiger partial charge on any atom is -0.351 e. The summed E-state index contributed by atoms with van der Waals surface area (Å²) in [6, 6.07) is 11.1. The number of fused-ring (bicyclic) bond motifs is 2. The van der Waals surface area contributed by atoms with Gasteiger partial charge in [0.1, 0.15) is 5.82 Å². The predicted octanol–water partition coefficient (Wildman–Crippen LogP) is 3.53. The van der Waals surface area contributed by atoms with E-state index < -0.39 is 6.03 Å². The van der Waals surface area contributed by atoms with Crippen molar-refractivity contribution in [2.75, 3.05) is 4.90 Å². The Balaban J connectivity index is 2.30. The molecule has 0 aromatic heterocycles. The van der Waals surface area contributed by atoms with Crippen LogP contribution in [0, 0.1) is 5.82 Å². The summed E-state index contributed by atoms with van der Waals surface area (Å²) in [5.74, 6) is -0.348. The smallest absolute Gasteiger partial charge is 0.323 e. The molecule has 0 aliphatic carbocycles. The largest absolute Gasteiger partial charge is 0.351 e. The third-order valence-corrected chi connectivity index (χ3v) is 3.07. The van der Waals surface area contributed by atoms with Gasteiger partial charge in [0, 0.05) is 5.56 Å². The topological polar surface area (TPSA) is 46.3 Å². The molecule has 0 bridgehead atoms. The van der Waals surface area contributed by atoms with Gasteiger partial charge in [-0.15, -0.1) is 0 Å². The van der Waals surface area contributed by atoms with Gasteiger partial charge in [-0.25, -0.2) is 9.18 Å². The number of carbonyl (C=O) groups excluding carboxylic acids is 1. The van der Waals surface area contributed by atoms with Gasteiger partial charge < -0.3 is 5.73 Å². The van der Waals surface area contributed by atoms with Gasteiger partial charge in [-0.1, -0.05) is 30.4 Å². The second-order valence-corrected chi connectivity index (χ2v) is 4.27. The Morgan fingerprint density at radius 3 is 2.47 bits per heavy atom. The van der Waals surface area contributed by atoms with Gasteiger partial charge in [0.05, 0.1) is 11.4 Å². The molecule has 2 N–H and O–H groups in total. The fourth-order valence-electron chi connectivity index (χ4n) is 2.24. The SMILES string of the molecule is NC(=O)N1c2ccccc2C=Cc2cc(F)ccc21. The van der Waals surface area contributed by atoms with Crippen LogP contribution in [0.2, 0.25) is 0 Å². The molecule has 1 aliphatic heterocycles. The molecule has 2 aromatic carbocycles. The van der Waals surface area contributed by atoms with E-state index in [9.17, 15) is 9.18 Å². The van der Waals surface area contributed by atoms with Gasteiger partial charge >= 0.3 is 6.03 Å². The van der Waals surface area contributed by atoms with Gasteiger partial charge in [-0.2, -0.15) is 0 Å². The molecule has 3 rings (SSSR count). The Labute approximate surface area is 109 Å². The molecule has 0 atom stereocenters. The fourth-order valence-corrected chi connectivity index (χ4v) is 2.24. The molecule has 0 spiro atoms. The molecule has 1 aliphatic rings. The van der Waals surface area contributed by atoms with Crippen LogP contribution in [0.25, 0.3) is 12.2 Å². The Bertz CT molecular complexity index is 694. The first-order valence-corrected chi connectivity index (χ1v) is 5.83. The number of hydrogen-bond donors (Lipinski definition) is 1. The molecular formula is C15H11FN2O. The summed E-state index contributed by atoms with van der Waals surface area (Å²) < 4.78 is 13.3. The average molecular weight is 254 g/mol. The molecule has 0 saturated carbocycles. The van der Waals surface area contributed by atoms with E-state index in [0.29, 0.717) is 16.9 Å². The summed E-state index contributed by atoms with van der Waals surface area (Å²) in [5.41, 5.74) is 8.22. The van der Waals surface area contributed by atoms with Gasteiger partial charge in [-0.05, 0) is 29.8 Å². The van der Waals surface area contributed by atoms with E-state index in [1.54, 1.807) is 12.1 Å². The summed E-state index contributed by atoms with van der Waals surface area (Å²) >= 11 is 0. The Morgan fingerprint density at radius 1 is 1.00 bits per heavy atom. The van der Waals surface area contributed by atoms with Crippen molar-refractivity contribution in [3.05, 3.63) is 59.4 Å². The average Bonchev–Trinajstić information content (AvgIpc) is 2.55. The van der Waals surface area contributed by atoms with E-state index in [0.717, 1.165) is 5.56 Å². The number of nitrogens with zero attached hydrogens (tertiary/aromatic N) is 1. The van der Waals surface area contributed by atoms with Crippen LogP contribution in [0.1, 0.15) is 11.1 Å². The fraction of sp³-hybridized carbons (Fsp3) is 0. The van der Waals surface area contributed by atoms with E-state index in [-0.39, 0.29) is 5.82 Å². The molecule has 0 saturated heterocycles. The maximum absolute atomic E-state index is 13.3. The van der Waals surface area contributed by atoms with Crippen molar-refractivity contribution in [2.45, 2.75) is 0 Å². The van der Waals surface area contributed by atoms with E-state index in [2.05, 4.69) is 0 Å². The number of para-hydroxylation sites is 1. The molecule has 94 valence electrons. The third kappa shape index (κ3) is 1.87. The van der Waals surface area contributed by atoms with Crippen LogP contribution in [0.3, 0.4) is 0 Å². The Morgan fingerprint density at radius 2 is 1.68 bits per heavy atom. The number of urea groups is 1. The number of halogens is 1. The first kappa shape index (κ1) is 11.5. The van der Waals surface area contributed by atoms with Crippen molar-refractivity contribution in [1.82, 2.24) is 0 Å². The minimum absolute atomic E-state index is 0.348. The van der Waals surface area contributed by atoms with Crippen LogP contribution in [0.5, 0.6) is 0 Å². The second kappa shape index (κ2) is 4.24. The number of nitrogens with two attached hydrogens (primary N) is 1. The summed E-state index contributed by atoms with van der Waals surface area (Å²) in [7, 11) is 0. The van der Waals surface area contributed by atoms with Gasteiger partial charge in [0.15, 0.2) is 0 Å². The number of carbonyl (C=O) groups is 1. The molecule has 1 heterocycles. The zero-order valence-electron chi connectivity index (χ0n) is 10.0. The van der Waals surface area contributed by atoms with Crippen LogP contribution in [0.4, 0.5) is 20.6 Å². The predicted molar refractivity (Wildman–Crippen MR) is 73.5 cm³/mol. The van der Waals surface area contributed by atoms with Gasteiger partial charge in [0.25, 0.3) is 0 Å². The van der Waals surface area contributed by atoms with Gasteiger partial charge in [0.2, 0.25) is 0 Å². The van der Waals surface area contributed by atoms with E-state index in [1.165, 1.54) is 17.0 Å². The number of rotatable bonds is 0. The van der Waals surface area contributed by atoms with Crippen LogP contribution in [-0.2, 0) is 0 Å². The van der Waals surface area contributed by atoms with Crippen molar-refractivity contribution in [3.63, 3.8) is 0 Å². The van der Waals surface area contributed by atoms with Crippen molar-refractivity contribution in [3.8, 4) is 0 Å². The van der Waals surface area contributed by atoms with Crippen molar-refractivity contribution in [1.29, 1.82) is 0 Å². The standard InChI is InChI=1S/C15H11FN2O/c16-12-7-8-14-11(9-12)6-5-10-3-1-2-4-13(10)18(14)15(17)19/h1-9H,(H2,17,19). The lowest BCUT2D eigenvalue weighted by molar-refractivity contribution is 0.256. The first-order valence-electron chi connectivity index (χ1n) is 5.83. The summed E-state index contributed by atoms with van der Waals surface area (Å²) in [4.78, 5) is 13.1. The van der Waals surface area contributed by atoms with Crippen LogP contribution < -0.4 is 10.6 Å². The highest BCUT2D eigenvalue weighted by Gasteiger charge is 2.21. The third-order valence-electron chi connectivity index (χ3n) is 3.07. The zero-order chi connectivity index (χ0) is 13.4. The number of benzene rings is 2. The number of primary amides is 1. The lowest BCUT2D eigenvalue weighted by Crippen LogP contribution is -2.32. The van der Waals surface area contributed by atoms with Crippen molar-refractivity contribution < 1.29 is 9.18 Å². The van der Waals surface area contributed by atoms with Gasteiger partial charge in [-0.3, -0.25) is 4.90 Å². The monoisotopic (exact) mass is 254 g/mol. The highest BCUT2D eigenvalue weighted by Crippen LogP contribution is 2.36. The second-order valence-electron chi connectivity index (χ2n) is 4.27. The quantitative estimate of drug-likeness (QED) is 0.768. The maximum Gasteiger partial charge on any atom is 0.323 e. The number of anilines is 2. The molecule has 0 unspecified atom stereocenters. The number of hydrogen-bond acceptors (Lipinski definition) is 1. The normalized spacial score (nSPS) is 12.6. The van der Waals surface area contributed by atoms with Crippen LogP contribution in [0.15, 0.2) is 42.5 Å². The summed E-state index contributed by atoms with van der Waals surface area (Å²) in [6.45, 7) is 0. The molecule has 4 heteroatoms. The lowest BCUT2D eigenvalue weighted by Gasteiger charge is -2.22. The van der Waals surface area contributed by atoms with Crippen molar-refractivity contribution in [2.24, 2.45) is 5.73 Å². The van der Waals surface area contributed by atoms with Crippen molar-refractivity contribution >= 4 is 29.6 Å². The molecule has 3 nitrogen and oxygen atoms in total. The molecular weight excluding hydrogens is 243 g/mol. The number of amides is 2. The van der Waals surface area contributed by atoms with Crippen LogP contribution in [-0.4, -0.2) is 6.03 Å². The molecule has 2 aromatic rings. The molecule has 2 amide bonds. The molecule has 0 radical (unpaired) electrons. The van der Waals surface area contributed by atoms with E-state index in [1.807, 2.05) is 30.3 Å². The van der Waals surface area contributed by atoms with E-state index >= 15 is 0 Å². The Kier molecular flexibility index (Phi) is 2.56. The summed E-state index contributed by atoms with van der Waals surface area (Å²) in [5, 5.41) is 0. The van der Waals surface area contributed by atoms with E-state index in [4.69, 9.17) is 5.73 Å². The highest BCUT2D eigenvalue weighted by molar-refractivity contribution is 6.04. The Hall–Kier alpha value is -2.62. The van der Waals surface area contributed by atoms with Crippen LogP contribution >= 0.6 is 0 Å². The lowest BCUT2D eigenvalue weighted by atomic mass is 10.1. The molecule has 0 fully saturated rings. The molecule has 19 heavy (non-hydrogen) atoms. The minimum atomic E-state index is -0.594. The maximum atomic E-state index is 13.3. The first-order chi connectivity index (χ1) is 9.16.